The van der Waals surface area contributed by atoms with Crippen LogP contribution in [0.15, 0.2) is 18.6 Å². The lowest BCUT2D eigenvalue weighted by molar-refractivity contribution is -0.116. The third kappa shape index (κ3) is 2.12. The van der Waals surface area contributed by atoms with Gasteiger partial charge in [0.25, 0.3) is 0 Å². The summed E-state index contributed by atoms with van der Waals surface area (Å²) in [6.45, 7) is 2.60. The topological polar surface area (TPSA) is 103 Å². The Kier molecular flexibility index (Phi) is 2.82. The first-order valence-corrected chi connectivity index (χ1v) is 5.24. The van der Waals surface area contributed by atoms with Crippen molar-refractivity contribution >= 4 is 23.2 Å². The summed E-state index contributed by atoms with van der Waals surface area (Å²) in [4.78, 5) is 21.1. The van der Waals surface area contributed by atoms with Crippen LogP contribution in [0.2, 0.25) is 0 Å². The van der Waals surface area contributed by atoms with Gasteiger partial charge in [0.1, 0.15) is 5.82 Å². The maximum atomic E-state index is 11.0. The maximum absolute atomic E-state index is 11.0. The van der Waals surface area contributed by atoms with Crippen LogP contribution in [-0.4, -0.2) is 33.4 Å². The molecule has 0 unspecified atom stereocenters. The first-order chi connectivity index (χ1) is 8.11. The highest BCUT2D eigenvalue weighted by atomic mass is 16.1. The number of rotatable bonds is 4. The molecule has 1 amide bonds. The van der Waals surface area contributed by atoms with Gasteiger partial charge < -0.3 is 20.8 Å². The normalized spacial score (nSPS) is 10.6. The number of carbonyl (C=O) groups excluding carboxylic acids is 1. The number of aromatic nitrogens is 3. The number of hydrogen-bond donors (Lipinski definition) is 2. The van der Waals surface area contributed by atoms with Crippen LogP contribution in [0.1, 0.15) is 6.92 Å². The summed E-state index contributed by atoms with van der Waals surface area (Å²) in [6.07, 6.45) is 5.09. The van der Waals surface area contributed by atoms with Crippen LogP contribution in [0.25, 0.3) is 5.65 Å². The van der Waals surface area contributed by atoms with Gasteiger partial charge in [-0.1, -0.05) is 0 Å². The average molecular weight is 234 g/mol. The molecular formula is C10H14N6O. The number of likely N-dealkylation sites (N-methyl/N-ethyl adjacent to an activating group) is 1. The molecule has 0 aromatic carbocycles. The zero-order valence-electron chi connectivity index (χ0n) is 9.50. The maximum Gasteiger partial charge on any atom is 0.237 e. The molecule has 2 rings (SSSR count). The van der Waals surface area contributed by atoms with Crippen molar-refractivity contribution in [3.05, 3.63) is 18.6 Å². The highest BCUT2D eigenvalue weighted by molar-refractivity contribution is 5.81. The van der Waals surface area contributed by atoms with E-state index >= 15 is 0 Å². The van der Waals surface area contributed by atoms with E-state index in [4.69, 9.17) is 11.5 Å². The van der Waals surface area contributed by atoms with E-state index in [1.807, 2.05) is 6.92 Å². The monoisotopic (exact) mass is 234 g/mol. The second-order valence-electron chi connectivity index (χ2n) is 3.63. The van der Waals surface area contributed by atoms with Crippen molar-refractivity contribution < 1.29 is 4.79 Å². The predicted molar refractivity (Wildman–Crippen MR) is 64.5 cm³/mol. The van der Waals surface area contributed by atoms with E-state index in [0.717, 1.165) is 0 Å². The molecule has 0 saturated carbocycles. The zero-order valence-corrected chi connectivity index (χ0v) is 9.50. The van der Waals surface area contributed by atoms with Gasteiger partial charge in [-0.05, 0) is 6.92 Å². The minimum Gasteiger partial charge on any atom is -0.382 e. The summed E-state index contributed by atoms with van der Waals surface area (Å²) in [5.41, 5.74) is 11.6. The smallest absolute Gasteiger partial charge is 0.237 e. The largest absolute Gasteiger partial charge is 0.382 e. The Labute approximate surface area is 98.0 Å². The molecule has 0 aliphatic rings. The number of fused-ring (bicyclic) bond motifs is 1. The lowest BCUT2D eigenvalue weighted by Crippen LogP contribution is -2.34. The SMILES string of the molecule is CCN(CC(N)=O)c1nc(N)cn2ccnc12. The van der Waals surface area contributed by atoms with Gasteiger partial charge in [0, 0.05) is 18.9 Å². The third-order valence-electron chi connectivity index (χ3n) is 2.40. The Bertz CT molecular complexity index is 549. The lowest BCUT2D eigenvalue weighted by Gasteiger charge is -2.20. The van der Waals surface area contributed by atoms with Crippen LogP contribution >= 0.6 is 0 Å². The minimum absolute atomic E-state index is 0.0927. The Balaban J connectivity index is 2.51. The van der Waals surface area contributed by atoms with E-state index in [2.05, 4.69) is 9.97 Å². The van der Waals surface area contributed by atoms with Crippen LogP contribution in [0.4, 0.5) is 11.6 Å². The Hall–Kier alpha value is -2.31. The van der Waals surface area contributed by atoms with Gasteiger partial charge in [0.15, 0.2) is 11.5 Å². The van der Waals surface area contributed by atoms with Crippen molar-refractivity contribution in [2.24, 2.45) is 5.73 Å². The molecular weight excluding hydrogens is 220 g/mol. The van der Waals surface area contributed by atoms with Crippen molar-refractivity contribution in [3.63, 3.8) is 0 Å². The van der Waals surface area contributed by atoms with Gasteiger partial charge >= 0.3 is 0 Å². The molecule has 0 radical (unpaired) electrons. The predicted octanol–water partition coefficient (Wildman–Crippen LogP) is -0.377. The van der Waals surface area contributed by atoms with Crippen molar-refractivity contribution in [2.45, 2.75) is 6.92 Å². The molecule has 0 spiro atoms. The number of anilines is 2. The molecule has 7 heteroatoms. The molecule has 0 aliphatic heterocycles. The highest BCUT2D eigenvalue weighted by Gasteiger charge is 2.14. The summed E-state index contributed by atoms with van der Waals surface area (Å²) in [7, 11) is 0. The number of imidazole rings is 1. The van der Waals surface area contributed by atoms with Gasteiger partial charge in [-0.2, -0.15) is 0 Å². The molecule has 2 aromatic rings. The van der Waals surface area contributed by atoms with E-state index in [0.29, 0.717) is 23.8 Å². The zero-order chi connectivity index (χ0) is 12.4. The molecule has 0 fully saturated rings. The quantitative estimate of drug-likeness (QED) is 0.750. The molecule has 0 bridgehead atoms. The minimum atomic E-state index is -0.416. The molecule has 2 aromatic heterocycles. The first-order valence-electron chi connectivity index (χ1n) is 5.24. The van der Waals surface area contributed by atoms with Gasteiger partial charge in [-0.3, -0.25) is 4.79 Å². The van der Waals surface area contributed by atoms with E-state index in [1.165, 1.54) is 0 Å². The summed E-state index contributed by atoms with van der Waals surface area (Å²) < 4.78 is 1.77. The number of amides is 1. The van der Waals surface area contributed by atoms with Gasteiger partial charge in [-0.25, -0.2) is 9.97 Å². The molecule has 0 saturated heterocycles. The number of nitrogen functional groups attached to an aromatic ring is 1. The second-order valence-corrected chi connectivity index (χ2v) is 3.63. The second kappa shape index (κ2) is 4.28. The summed E-state index contributed by atoms with van der Waals surface area (Å²) >= 11 is 0. The van der Waals surface area contributed by atoms with Gasteiger partial charge in [-0.15, -0.1) is 0 Å². The van der Waals surface area contributed by atoms with Crippen LogP contribution in [0, 0.1) is 0 Å². The fourth-order valence-electron chi connectivity index (χ4n) is 1.67. The van der Waals surface area contributed by atoms with E-state index in [-0.39, 0.29) is 6.54 Å². The van der Waals surface area contributed by atoms with Crippen LogP contribution < -0.4 is 16.4 Å². The van der Waals surface area contributed by atoms with Crippen LogP contribution in [0.5, 0.6) is 0 Å². The van der Waals surface area contributed by atoms with Crippen LogP contribution in [0.3, 0.4) is 0 Å². The number of nitrogens with two attached hydrogens (primary N) is 2. The van der Waals surface area contributed by atoms with E-state index < -0.39 is 5.91 Å². The molecule has 0 aliphatic carbocycles. The summed E-state index contributed by atoms with van der Waals surface area (Å²) in [6, 6.07) is 0. The Morgan fingerprint density at radius 3 is 3.00 bits per heavy atom. The summed E-state index contributed by atoms with van der Waals surface area (Å²) in [5, 5.41) is 0. The lowest BCUT2D eigenvalue weighted by atomic mass is 10.4. The van der Waals surface area contributed by atoms with Crippen molar-refractivity contribution in [2.75, 3.05) is 23.7 Å². The molecule has 7 nitrogen and oxygen atoms in total. The van der Waals surface area contributed by atoms with Gasteiger partial charge in [0.05, 0.1) is 12.7 Å². The summed E-state index contributed by atoms with van der Waals surface area (Å²) in [5.74, 6) is 0.519. The Morgan fingerprint density at radius 2 is 2.35 bits per heavy atom. The van der Waals surface area contributed by atoms with Crippen molar-refractivity contribution in [3.8, 4) is 0 Å². The fourth-order valence-corrected chi connectivity index (χ4v) is 1.67. The highest BCUT2D eigenvalue weighted by Crippen LogP contribution is 2.18. The fraction of sp³-hybridized carbons (Fsp3) is 0.300. The number of primary amides is 1. The van der Waals surface area contributed by atoms with E-state index in [9.17, 15) is 4.79 Å². The Morgan fingerprint density at radius 1 is 1.59 bits per heavy atom. The molecule has 17 heavy (non-hydrogen) atoms. The van der Waals surface area contributed by atoms with Gasteiger partial charge in [0.2, 0.25) is 5.91 Å². The average Bonchev–Trinajstić information content (AvgIpc) is 2.72. The van der Waals surface area contributed by atoms with Crippen molar-refractivity contribution in [1.29, 1.82) is 0 Å². The number of hydrogen-bond acceptors (Lipinski definition) is 5. The molecule has 0 atom stereocenters. The number of carbonyl (C=O) groups is 1. The van der Waals surface area contributed by atoms with Crippen molar-refractivity contribution in [1.82, 2.24) is 14.4 Å². The standard InChI is InChI=1S/C10H14N6O/c1-2-15(6-8(12)17)10-9-13-3-4-16(9)5-7(11)14-10/h3-5H,2,6,11H2,1H3,(H2,12,17). The molecule has 2 heterocycles. The molecule has 4 N–H and O–H groups in total. The molecule has 90 valence electrons. The van der Waals surface area contributed by atoms with E-state index in [1.54, 1.807) is 27.9 Å². The third-order valence-corrected chi connectivity index (χ3v) is 2.40. The number of nitrogens with zero attached hydrogens (tertiary/aromatic N) is 4. The van der Waals surface area contributed by atoms with Crippen LogP contribution in [-0.2, 0) is 4.79 Å². The first kappa shape index (κ1) is 11.2.